The van der Waals surface area contributed by atoms with Crippen molar-refractivity contribution in [1.29, 1.82) is 0 Å². The molecule has 1 aliphatic rings. The smallest absolute Gasteiger partial charge is 0.186 e. The summed E-state index contributed by atoms with van der Waals surface area (Å²) >= 11 is 0. The van der Waals surface area contributed by atoms with Crippen LogP contribution in [0.4, 0.5) is 0 Å². The summed E-state index contributed by atoms with van der Waals surface area (Å²) in [5.74, 6) is 0.540. The van der Waals surface area contributed by atoms with E-state index in [-0.39, 0.29) is 12.7 Å². The molecule has 3 rings (SSSR count). The molecule has 1 saturated heterocycles. The monoisotopic (exact) mass is 372 g/mol. The van der Waals surface area contributed by atoms with Gasteiger partial charge in [0, 0.05) is 18.4 Å². The van der Waals surface area contributed by atoms with Crippen LogP contribution in [0, 0.1) is 0 Å². The number of aliphatic hydroxyl groups is 3. The maximum Gasteiger partial charge on any atom is 0.186 e. The molecule has 0 spiro atoms. The minimum atomic E-state index is -0.534. The third kappa shape index (κ3) is 5.08. The van der Waals surface area contributed by atoms with Crippen LogP contribution in [0.1, 0.15) is 48.1 Å². The van der Waals surface area contributed by atoms with Gasteiger partial charge in [0.05, 0.1) is 24.9 Å². The molecule has 2 aromatic carbocycles. The molecule has 3 N–H and O–H groups in total. The van der Waals surface area contributed by atoms with Gasteiger partial charge in [0.2, 0.25) is 0 Å². The number of ether oxygens (including phenoxy) is 2. The molecule has 0 amide bonds. The minimum absolute atomic E-state index is 0.132. The highest BCUT2D eigenvalue weighted by atomic mass is 16.6. The number of hydrogen-bond acceptors (Lipinski definition) is 5. The predicted octanol–water partition coefficient (Wildman–Crippen LogP) is 2.74. The van der Waals surface area contributed by atoms with Gasteiger partial charge < -0.3 is 24.8 Å². The Hall–Kier alpha value is -1.92. The van der Waals surface area contributed by atoms with Crippen LogP contribution in [0.3, 0.4) is 0 Å². The first-order valence-corrected chi connectivity index (χ1v) is 9.51. The second-order valence-corrected chi connectivity index (χ2v) is 7.05. The lowest BCUT2D eigenvalue weighted by Crippen LogP contribution is -2.33. The van der Waals surface area contributed by atoms with E-state index in [4.69, 9.17) is 9.47 Å². The fourth-order valence-electron chi connectivity index (χ4n) is 3.60. The average molecular weight is 372 g/mol. The van der Waals surface area contributed by atoms with E-state index in [0.717, 1.165) is 24.0 Å². The lowest BCUT2D eigenvalue weighted by Gasteiger charge is -2.33. The van der Waals surface area contributed by atoms with Gasteiger partial charge in [0.1, 0.15) is 5.75 Å². The van der Waals surface area contributed by atoms with Crippen molar-refractivity contribution >= 4 is 0 Å². The highest BCUT2D eigenvalue weighted by Crippen LogP contribution is 2.37. The first-order chi connectivity index (χ1) is 13.1. The molecule has 0 saturated carbocycles. The van der Waals surface area contributed by atoms with Crippen LogP contribution in [-0.2, 0) is 17.6 Å². The molecule has 3 unspecified atom stereocenters. The molecular formula is C22H28O5. The van der Waals surface area contributed by atoms with Gasteiger partial charge in [0.25, 0.3) is 0 Å². The molecule has 1 aliphatic heterocycles. The second-order valence-electron chi connectivity index (χ2n) is 7.05. The van der Waals surface area contributed by atoms with Gasteiger partial charge in [-0.2, -0.15) is 0 Å². The molecule has 1 heterocycles. The molecular weight excluding hydrogens is 344 g/mol. The Morgan fingerprint density at radius 3 is 2.37 bits per heavy atom. The topological polar surface area (TPSA) is 79.2 Å². The molecule has 5 nitrogen and oxygen atoms in total. The van der Waals surface area contributed by atoms with E-state index in [9.17, 15) is 15.3 Å². The number of aliphatic hydroxyl groups excluding tert-OH is 3. The van der Waals surface area contributed by atoms with Crippen LogP contribution in [-0.4, -0.2) is 40.9 Å². The number of hydrogen-bond donors (Lipinski definition) is 3. The van der Waals surface area contributed by atoms with Gasteiger partial charge in [-0.25, -0.2) is 0 Å². The zero-order valence-electron chi connectivity index (χ0n) is 15.7. The molecule has 0 aromatic heterocycles. The van der Waals surface area contributed by atoms with E-state index in [1.54, 1.807) is 0 Å². The van der Waals surface area contributed by atoms with Crippen molar-refractivity contribution in [3.05, 3.63) is 64.7 Å². The lowest BCUT2D eigenvalue weighted by atomic mass is 9.93. The van der Waals surface area contributed by atoms with E-state index < -0.39 is 19.0 Å². The van der Waals surface area contributed by atoms with Gasteiger partial charge >= 0.3 is 0 Å². The third-order valence-electron chi connectivity index (χ3n) is 5.06. The number of rotatable bonds is 7. The van der Waals surface area contributed by atoms with Crippen LogP contribution in [0.5, 0.6) is 5.75 Å². The van der Waals surface area contributed by atoms with Crippen molar-refractivity contribution in [2.45, 2.75) is 50.9 Å². The summed E-state index contributed by atoms with van der Waals surface area (Å²) in [6.07, 6.45) is 1.34. The largest absolute Gasteiger partial charge is 0.467 e. The van der Waals surface area contributed by atoms with E-state index in [1.807, 2.05) is 18.2 Å². The van der Waals surface area contributed by atoms with Crippen LogP contribution in [0.2, 0.25) is 0 Å². The Kier molecular flexibility index (Phi) is 6.85. The zero-order chi connectivity index (χ0) is 19.2. The van der Waals surface area contributed by atoms with Crippen molar-refractivity contribution in [2.24, 2.45) is 0 Å². The highest BCUT2D eigenvalue weighted by molar-refractivity contribution is 5.41. The molecule has 5 heteroatoms. The fourth-order valence-corrected chi connectivity index (χ4v) is 3.60. The summed E-state index contributed by atoms with van der Waals surface area (Å²) in [6, 6.07) is 14.4. The number of benzene rings is 2. The van der Waals surface area contributed by atoms with Crippen LogP contribution in [0.25, 0.3) is 0 Å². The maximum atomic E-state index is 10.1. The van der Waals surface area contributed by atoms with Gasteiger partial charge in [0.15, 0.2) is 6.79 Å². The Balaban J connectivity index is 1.85. The first-order valence-electron chi connectivity index (χ1n) is 9.51. The SMILES string of the molecule is CCc1ccc(Cc2ccc(OCO)c(C3CC(O)CC(CO)O3)c2)cc1. The molecule has 1 fully saturated rings. The quantitative estimate of drug-likeness (QED) is 0.652. The Morgan fingerprint density at radius 2 is 1.70 bits per heavy atom. The zero-order valence-corrected chi connectivity index (χ0v) is 15.7. The maximum absolute atomic E-state index is 10.1. The molecule has 0 bridgehead atoms. The molecule has 0 aliphatic carbocycles. The Bertz CT molecular complexity index is 728. The summed E-state index contributed by atoms with van der Waals surface area (Å²) in [5, 5.41) is 28.8. The lowest BCUT2D eigenvalue weighted by molar-refractivity contribution is -0.114. The number of aryl methyl sites for hydroxylation is 1. The fraction of sp³-hybridized carbons (Fsp3) is 0.455. The van der Waals surface area contributed by atoms with Gasteiger partial charge in [-0.05, 0) is 41.7 Å². The molecule has 27 heavy (non-hydrogen) atoms. The average Bonchev–Trinajstić information content (AvgIpc) is 2.69. The van der Waals surface area contributed by atoms with Crippen molar-refractivity contribution in [1.82, 2.24) is 0 Å². The van der Waals surface area contributed by atoms with Crippen molar-refractivity contribution in [2.75, 3.05) is 13.4 Å². The van der Waals surface area contributed by atoms with Gasteiger partial charge in [-0.1, -0.05) is 37.3 Å². The minimum Gasteiger partial charge on any atom is -0.467 e. The van der Waals surface area contributed by atoms with Crippen LogP contribution >= 0.6 is 0 Å². The molecule has 2 aromatic rings. The van der Waals surface area contributed by atoms with E-state index in [0.29, 0.717) is 18.6 Å². The summed E-state index contributed by atoms with van der Waals surface area (Å²) in [5.41, 5.74) is 4.42. The summed E-state index contributed by atoms with van der Waals surface area (Å²) < 4.78 is 11.3. The Labute approximate surface area is 160 Å². The third-order valence-corrected chi connectivity index (χ3v) is 5.06. The summed E-state index contributed by atoms with van der Waals surface area (Å²) in [6.45, 7) is 1.58. The first kappa shape index (κ1) is 19.8. The summed E-state index contributed by atoms with van der Waals surface area (Å²) in [4.78, 5) is 0. The van der Waals surface area contributed by atoms with E-state index in [2.05, 4.69) is 31.2 Å². The standard InChI is InChI=1S/C22H28O5/c1-2-15-3-5-16(6-4-15)9-17-7-8-21(26-14-24)20(10-17)22-12-18(25)11-19(13-23)27-22/h3-8,10,18-19,22-25H,2,9,11-14H2,1H3. The highest BCUT2D eigenvalue weighted by Gasteiger charge is 2.31. The second kappa shape index (κ2) is 9.33. The van der Waals surface area contributed by atoms with E-state index >= 15 is 0 Å². The molecule has 0 radical (unpaired) electrons. The van der Waals surface area contributed by atoms with Crippen molar-refractivity contribution < 1.29 is 24.8 Å². The van der Waals surface area contributed by atoms with Gasteiger partial charge in [-0.3, -0.25) is 0 Å². The predicted molar refractivity (Wildman–Crippen MR) is 103 cm³/mol. The van der Waals surface area contributed by atoms with E-state index in [1.165, 1.54) is 11.1 Å². The molecule has 146 valence electrons. The normalized spacial score (nSPS) is 22.6. The Morgan fingerprint density at radius 1 is 1.00 bits per heavy atom. The van der Waals surface area contributed by atoms with Crippen LogP contribution in [0.15, 0.2) is 42.5 Å². The van der Waals surface area contributed by atoms with Gasteiger partial charge in [-0.15, -0.1) is 0 Å². The summed E-state index contributed by atoms with van der Waals surface area (Å²) in [7, 11) is 0. The molecule has 3 atom stereocenters. The van der Waals surface area contributed by atoms with Crippen LogP contribution < -0.4 is 4.74 Å². The van der Waals surface area contributed by atoms with Crippen molar-refractivity contribution in [3.63, 3.8) is 0 Å². The van der Waals surface area contributed by atoms with Crippen molar-refractivity contribution in [3.8, 4) is 5.75 Å².